The highest BCUT2D eigenvalue weighted by atomic mass is 19.1. The SMILES string of the molecule is CC.CCc1ccc(OC(=N)/C=C\C(=N)F)cc1. The molecule has 0 fully saturated rings. The summed E-state index contributed by atoms with van der Waals surface area (Å²) in [6.07, 6.45) is 2.90. The minimum Gasteiger partial charge on any atom is -0.440 e. The molecule has 0 aliphatic carbocycles. The van der Waals surface area contributed by atoms with Crippen LogP contribution in [0.15, 0.2) is 36.4 Å². The van der Waals surface area contributed by atoms with Gasteiger partial charge in [0.15, 0.2) is 0 Å². The molecule has 0 atom stereocenters. The Balaban J connectivity index is 0.00000137. The van der Waals surface area contributed by atoms with Crippen molar-refractivity contribution in [2.75, 3.05) is 0 Å². The largest absolute Gasteiger partial charge is 0.440 e. The Morgan fingerprint density at radius 1 is 1.17 bits per heavy atom. The summed E-state index contributed by atoms with van der Waals surface area (Å²) in [6.45, 7) is 6.05. The Morgan fingerprint density at radius 2 is 1.72 bits per heavy atom. The smallest absolute Gasteiger partial charge is 0.212 e. The van der Waals surface area contributed by atoms with Gasteiger partial charge in [0.2, 0.25) is 11.9 Å². The van der Waals surface area contributed by atoms with E-state index in [0.29, 0.717) is 5.75 Å². The van der Waals surface area contributed by atoms with Crippen molar-refractivity contribution in [1.82, 2.24) is 0 Å². The molecule has 0 saturated carbocycles. The fourth-order valence-electron chi connectivity index (χ4n) is 1.10. The van der Waals surface area contributed by atoms with E-state index in [0.717, 1.165) is 18.6 Å². The van der Waals surface area contributed by atoms with E-state index >= 15 is 0 Å². The van der Waals surface area contributed by atoms with Crippen LogP contribution in [0.2, 0.25) is 0 Å². The summed E-state index contributed by atoms with van der Waals surface area (Å²) in [5.41, 5.74) is 1.18. The summed E-state index contributed by atoms with van der Waals surface area (Å²) >= 11 is 0. The van der Waals surface area contributed by atoms with E-state index in [4.69, 9.17) is 15.6 Å². The summed E-state index contributed by atoms with van der Waals surface area (Å²) in [5, 5.41) is 13.9. The van der Waals surface area contributed by atoms with Crippen molar-refractivity contribution in [3.05, 3.63) is 42.0 Å². The number of allylic oxidation sites excluding steroid dienone is 1. The van der Waals surface area contributed by atoms with Crippen LogP contribution in [0.3, 0.4) is 0 Å². The maximum absolute atomic E-state index is 12.0. The van der Waals surface area contributed by atoms with Gasteiger partial charge in [0.05, 0.1) is 0 Å². The first-order valence-electron chi connectivity index (χ1n) is 5.89. The third-order valence-corrected chi connectivity index (χ3v) is 1.94. The number of aryl methyl sites for hydroxylation is 1. The Kier molecular flexibility index (Phi) is 8.10. The Hall–Kier alpha value is -1.97. The van der Waals surface area contributed by atoms with Gasteiger partial charge in [0, 0.05) is 6.08 Å². The molecule has 1 aromatic rings. The molecule has 0 radical (unpaired) electrons. The zero-order valence-electron chi connectivity index (χ0n) is 11.0. The topological polar surface area (TPSA) is 56.9 Å². The first-order valence-corrected chi connectivity index (χ1v) is 5.89. The van der Waals surface area contributed by atoms with Gasteiger partial charge in [-0.1, -0.05) is 32.9 Å². The molecule has 0 aromatic heterocycles. The van der Waals surface area contributed by atoms with E-state index in [2.05, 4.69) is 0 Å². The first-order chi connectivity index (χ1) is 8.61. The average Bonchev–Trinajstić information content (AvgIpc) is 2.39. The van der Waals surface area contributed by atoms with E-state index in [-0.39, 0.29) is 5.90 Å². The second-order valence-corrected chi connectivity index (χ2v) is 3.15. The molecular formula is C14H19FN2O. The molecule has 18 heavy (non-hydrogen) atoms. The number of halogens is 1. The van der Waals surface area contributed by atoms with Crippen LogP contribution in [-0.2, 0) is 6.42 Å². The number of hydrogen-bond donors (Lipinski definition) is 2. The van der Waals surface area contributed by atoms with Crippen molar-refractivity contribution in [3.63, 3.8) is 0 Å². The molecule has 0 saturated heterocycles. The summed E-state index contributed by atoms with van der Waals surface area (Å²) in [5.74, 6) is -0.779. The molecule has 3 nitrogen and oxygen atoms in total. The molecule has 98 valence electrons. The highest BCUT2D eigenvalue weighted by molar-refractivity contribution is 5.94. The third-order valence-electron chi connectivity index (χ3n) is 1.94. The summed E-state index contributed by atoms with van der Waals surface area (Å²) in [6, 6.07) is 7.32. The number of nitrogens with one attached hydrogen (secondary N) is 2. The monoisotopic (exact) mass is 250 g/mol. The molecule has 0 aliphatic heterocycles. The zero-order chi connectivity index (χ0) is 14.0. The maximum Gasteiger partial charge on any atom is 0.212 e. The van der Waals surface area contributed by atoms with E-state index in [1.165, 1.54) is 5.56 Å². The van der Waals surface area contributed by atoms with Crippen LogP contribution in [0.4, 0.5) is 4.39 Å². The maximum atomic E-state index is 12.0. The number of ether oxygens (including phenoxy) is 1. The van der Waals surface area contributed by atoms with Crippen LogP contribution in [0.25, 0.3) is 0 Å². The minimum absolute atomic E-state index is 0.202. The van der Waals surface area contributed by atoms with Crippen molar-refractivity contribution in [1.29, 1.82) is 10.8 Å². The molecule has 1 rings (SSSR count). The molecule has 2 N–H and O–H groups in total. The molecule has 0 heterocycles. The van der Waals surface area contributed by atoms with Crippen LogP contribution in [0, 0.1) is 10.8 Å². The summed E-state index contributed by atoms with van der Waals surface area (Å²) in [7, 11) is 0. The van der Waals surface area contributed by atoms with Crippen molar-refractivity contribution >= 4 is 11.9 Å². The second kappa shape index (κ2) is 9.10. The van der Waals surface area contributed by atoms with Gasteiger partial charge in [-0.15, -0.1) is 0 Å². The molecule has 0 unspecified atom stereocenters. The Bertz CT molecular complexity index is 410. The number of hydrogen-bond acceptors (Lipinski definition) is 3. The van der Waals surface area contributed by atoms with E-state index in [1.54, 1.807) is 12.1 Å². The molecule has 0 amide bonds. The van der Waals surface area contributed by atoms with Crippen molar-refractivity contribution in [2.45, 2.75) is 27.2 Å². The van der Waals surface area contributed by atoms with E-state index < -0.39 is 5.97 Å². The Labute approximate surface area is 107 Å². The van der Waals surface area contributed by atoms with Crippen molar-refractivity contribution in [3.8, 4) is 5.75 Å². The van der Waals surface area contributed by atoms with Crippen LogP contribution in [0.5, 0.6) is 5.75 Å². The predicted octanol–water partition coefficient (Wildman–Crippen LogP) is 4.13. The highest BCUT2D eigenvalue weighted by Crippen LogP contribution is 2.12. The van der Waals surface area contributed by atoms with Gasteiger partial charge in [-0.2, -0.15) is 4.39 Å². The number of rotatable bonds is 4. The number of benzene rings is 1. The summed E-state index contributed by atoms with van der Waals surface area (Å²) < 4.78 is 17.1. The lowest BCUT2D eigenvalue weighted by molar-refractivity contribution is 0.550. The molecule has 1 aromatic carbocycles. The van der Waals surface area contributed by atoms with E-state index in [9.17, 15) is 4.39 Å². The van der Waals surface area contributed by atoms with Crippen molar-refractivity contribution < 1.29 is 9.13 Å². The zero-order valence-corrected chi connectivity index (χ0v) is 11.0. The quantitative estimate of drug-likeness (QED) is 0.612. The van der Waals surface area contributed by atoms with Gasteiger partial charge in [-0.3, -0.25) is 10.8 Å². The van der Waals surface area contributed by atoms with Gasteiger partial charge < -0.3 is 4.74 Å². The Morgan fingerprint density at radius 3 is 2.17 bits per heavy atom. The van der Waals surface area contributed by atoms with Crippen molar-refractivity contribution in [2.24, 2.45) is 0 Å². The van der Waals surface area contributed by atoms with Crippen LogP contribution >= 0.6 is 0 Å². The lowest BCUT2D eigenvalue weighted by Gasteiger charge is -2.03. The fraction of sp³-hybridized carbons (Fsp3) is 0.286. The summed E-state index contributed by atoms with van der Waals surface area (Å²) in [4.78, 5) is 0. The van der Waals surface area contributed by atoms with Gasteiger partial charge in [-0.25, -0.2) is 0 Å². The average molecular weight is 250 g/mol. The predicted molar refractivity (Wildman–Crippen MR) is 73.5 cm³/mol. The molecular weight excluding hydrogens is 231 g/mol. The van der Waals surface area contributed by atoms with Crippen LogP contribution < -0.4 is 4.74 Å². The van der Waals surface area contributed by atoms with Gasteiger partial charge >= 0.3 is 0 Å². The standard InChI is InChI=1S/C12H13FN2O.C2H6/c1-2-9-3-5-10(6-4-9)16-12(15)8-7-11(13)14;1-2/h3-8,14-15H,2H2,1H3;1-2H3/b8-7-,14-11?,15-12?;. The fourth-order valence-corrected chi connectivity index (χ4v) is 1.10. The molecule has 0 aliphatic rings. The van der Waals surface area contributed by atoms with E-state index in [1.807, 2.05) is 32.9 Å². The molecule has 0 spiro atoms. The molecule has 0 bridgehead atoms. The van der Waals surface area contributed by atoms with Crippen LogP contribution in [-0.4, -0.2) is 11.9 Å². The third kappa shape index (κ3) is 6.58. The molecule has 4 heteroatoms. The normalized spacial score (nSPS) is 9.56. The lowest BCUT2D eigenvalue weighted by Crippen LogP contribution is -2.03. The first kappa shape index (κ1) is 16.0. The minimum atomic E-state index is -1.10. The van der Waals surface area contributed by atoms with Gasteiger partial charge in [0.1, 0.15) is 5.75 Å². The van der Waals surface area contributed by atoms with Gasteiger partial charge in [-0.05, 0) is 30.2 Å². The van der Waals surface area contributed by atoms with Gasteiger partial charge in [0.25, 0.3) is 0 Å². The second-order valence-electron chi connectivity index (χ2n) is 3.15. The lowest BCUT2D eigenvalue weighted by atomic mass is 10.2. The highest BCUT2D eigenvalue weighted by Gasteiger charge is 1.97. The van der Waals surface area contributed by atoms with Crippen LogP contribution in [0.1, 0.15) is 26.3 Å².